The minimum atomic E-state index is -0.377. The van der Waals surface area contributed by atoms with E-state index in [2.05, 4.69) is 5.32 Å². The number of carbonyl (C=O) groups is 2. The van der Waals surface area contributed by atoms with Crippen LogP contribution in [-0.4, -0.2) is 73.9 Å². The van der Waals surface area contributed by atoms with Crippen LogP contribution in [0.3, 0.4) is 0 Å². The van der Waals surface area contributed by atoms with E-state index in [1.165, 1.54) is 0 Å². The molecule has 1 N–H and O–H groups in total. The number of hydrogen-bond acceptors (Lipinski definition) is 4. The average molecular weight is 305 g/mol. The first kappa shape index (κ1) is 21.5. The third-order valence-electron chi connectivity index (χ3n) is 2.73. The van der Waals surface area contributed by atoms with Crippen LogP contribution in [0.25, 0.3) is 0 Å². The van der Waals surface area contributed by atoms with Crippen molar-refractivity contribution in [1.29, 1.82) is 0 Å². The highest BCUT2D eigenvalue weighted by Gasteiger charge is 2.28. The maximum Gasteiger partial charge on any atom is 0.245 e. The lowest BCUT2D eigenvalue weighted by molar-refractivity contribution is -0.142. The summed E-state index contributed by atoms with van der Waals surface area (Å²) in [7, 11) is 5.20. The van der Waals surface area contributed by atoms with Gasteiger partial charge in [0.25, 0.3) is 0 Å². The molecule has 0 bridgehead atoms. The first-order valence-corrected chi connectivity index (χ1v) is 8.53. The highest BCUT2D eigenvalue weighted by Crippen LogP contribution is 2.08. The zero-order chi connectivity index (χ0) is 16.1. The molecule has 0 aromatic heterocycles. The zero-order valence-corrected chi connectivity index (χ0v) is 14.8. The first-order chi connectivity index (χ1) is 9.49. The third kappa shape index (κ3) is 7.75. The van der Waals surface area contributed by atoms with Gasteiger partial charge in [0.2, 0.25) is 11.8 Å². The normalized spacial score (nSPS) is 11.2. The Morgan fingerprint density at radius 1 is 1.25 bits per heavy atom. The molecule has 0 aliphatic carbocycles. The van der Waals surface area contributed by atoms with Gasteiger partial charge in [-0.05, 0) is 19.7 Å². The molecule has 120 valence electrons. The molecule has 0 radical (unpaired) electrons. The molecule has 1 atom stereocenters. The summed E-state index contributed by atoms with van der Waals surface area (Å²) >= 11 is 1.58. The van der Waals surface area contributed by atoms with Crippen LogP contribution in [0.4, 0.5) is 0 Å². The van der Waals surface area contributed by atoms with Gasteiger partial charge in [-0.25, -0.2) is 0 Å². The minimum absolute atomic E-state index is 0.0122. The fraction of sp³-hybridized carbons (Fsp3) is 0.857. The molecular formula is C14H31N3O2S. The Kier molecular flexibility index (Phi) is 14.3. The molecule has 0 fully saturated rings. The Balaban J connectivity index is 0. The van der Waals surface area contributed by atoms with Crippen LogP contribution in [0.2, 0.25) is 0 Å². The van der Waals surface area contributed by atoms with E-state index in [-0.39, 0.29) is 24.4 Å². The first-order valence-electron chi connectivity index (χ1n) is 7.13. The molecule has 0 heterocycles. The number of thioether (sulfide) groups is 1. The van der Waals surface area contributed by atoms with Gasteiger partial charge in [0.1, 0.15) is 6.04 Å². The van der Waals surface area contributed by atoms with Crippen molar-refractivity contribution in [2.45, 2.75) is 33.2 Å². The van der Waals surface area contributed by atoms with Crippen LogP contribution in [0.15, 0.2) is 0 Å². The Hall–Kier alpha value is -0.750. The molecule has 0 saturated carbocycles. The maximum absolute atomic E-state index is 12.3. The monoisotopic (exact) mass is 305 g/mol. The van der Waals surface area contributed by atoms with Crippen LogP contribution in [0, 0.1) is 0 Å². The second-order valence-electron chi connectivity index (χ2n) is 4.27. The van der Waals surface area contributed by atoms with E-state index in [9.17, 15) is 9.59 Å². The molecule has 0 saturated heterocycles. The van der Waals surface area contributed by atoms with E-state index < -0.39 is 0 Å². The van der Waals surface area contributed by atoms with E-state index in [1.807, 2.05) is 27.0 Å². The van der Waals surface area contributed by atoms with Crippen molar-refractivity contribution in [1.82, 2.24) is 15.1 Å². The van der Waals surface area contributed by atoms with Gasteiger partial charge in [-0.1, -0.05) is 20.8 Å². The SMILES string of the molecule is CC.CCCN(C)C(=O)[C@H](CSC)N(C)C(=O)CNC. The number of nitrogens with zero attached hydrogens (tertiary/aromatic N) is 2. The minimum Gasteiger partial charge on any atom is -0.344 e. The predicted octanol–water partition coefficient (Wildman–Crippen LogP) is 1.29. The van der Waals surface area contributed by atoms with Gasteiger partial charge < -0.3 is 15.1 Å². The van der Waals surface area contributed by atoms with Gasteiger partial charge in [0.05, 0.1) is 6.54 Å². The van der Waals surface area contributed by atoms with Crippen LogP contribution < -0.4 is 5.32 Å². The van der Waals surface area contributed by atoms with Crippen molar-refractivity contribution in [3.8, 4) is 0 Å². The quantitative estimate of drug-likeness (QED) is 0.734. The number of nitrogens with one attached hydrogen (secondary N) is 1. The van der Waals surface area contributed by atoms with E-state index in [0.29, 0.717) is 5.75 Å². The van der Waals surface area contributed by atoms with Gasteiger partial charge in [-0.2, -0.15) is 11.8 Å². The highest BCUT2D eigenvalue weighted by atomic mass is 32.2. The number of amides is 2. The zero-order valence-electron chi connectivity index (χ0n) is 14.0. The summed E-state index contributed by atoms with van der Waals surface area (Å²) in [5.74, 6) is 0.576. The topological polar surface area (TPSA) is 52.7 Å². The lowest BCUT2D eigenvalue weighted by atomic mass is 10.2. The summed E-state index contributed by atoms with van der Waals surface area (Å²) in [6, 6.07) is -0.377. The molecule has 0 spiro atoms. The van der Waals surface area contributed by atoms with E-state index in [1.54, 1.807) is 42.7 Å². The van der Waals surface area contributed by atoms with Crippen LogP contribution >= 0.6 is 11.8 Å². The number of hydrogen-bond donors (Lipinski definition) is 1. The van der Waals surface area contributed by atoms with Gasteiger partial charge in [-0.15, -0.1) is 0 Å². The summed E-state index contributed by atoms with van der Waals surface area (Å²) in [4.78, 5) is 27.3. The second-order valence-corrected chi connectivity index (χ2v) is 5.18. The summed E-state index contributed by atoms with van der Waals surface area (Å²) in [6.07, 6.45) is 2.86. The molecule has 6 heteroatoms. The summed E-state index contributed by atoms with van der Waals surface area (Å²) in [5.41, 5.74) is 0. The standard InChI is InChI=1S/C12H25N3O2S.C2H6/c1-6-7-14(3)12(17)10(9-18-5)15(4)11(16)8-13-2;1-2/h10,13H,6-9H2,1-5H3;1-2H3/t10-;/m0./s1. The van der Waals surface area contributed by atoms with Crippen LogP contribution in [0.5, 0.6) is 0 Å². The molecular weight excluding hydrogens is 274 g/mol. The predicted molar refractivity (Wildman–Crippen MR) is 88.1 cm³/mol. The molecule has 0 unspecified atom stereocenters. The number of likely N-dealkylation sites (N-methyl/N-ethyl adjacent to an activating group) is 3. The van der Waals surface area contributed by atoms with Crippen molar-refractivity contribution in [3.05, 3.63) is 0 Å². The summed E-state index contributed by atoms with van der Waals surface area (Å²) in [6.45, 7) is 7.01. The Labute approximate surface area is 128 Å². The van der Waals surface area contributed by atoms with Crippen LogP contribution in [0.1, 0.15) is 27.2 Å². The fourth-order valence-electron chi connectivity index (χ4n) is 1.66. The second kappa shape index (κ2) is 13.2. The molecule has 0 aliphatic heterocycles. The van der Waals surface area contributed by atoms with Crippen molar-refractivity contribution in [3.63, 3.8) is 0 Å². The van der Waals surface area contributed by atoms with Crippen molar-refractivity contribution < 1.29 is 9.59 Å². The molecule has 0 rings (SSSR count). The van der Waals surface area contributed by atoms with Crippen molar-refractivity contribution in [2.75, 3.05) is 46.2 Å². The van der Waals surface area contributed by atoms with Gasteiger partial charge in [0.15, 0.2) is 0 Å². The lowest BCUT2D eigenvalue weighted by Crippen LogP contribution is -2.51. The summed E-state index contributed by atoms with van der Waals surface area (Å²) < 4.78 is 0. The average Bonchev–Trinajstić information content (AvgIpc) is 2.46. The van der Waals surface area contributed by atoms with Crippen LogP contribution in [-0.2, 0) is 9.59 Å². The molecule has 5 nitrogen and oxygen atoms in total. The Morgan fingerprint density at radius 2 is 1.80 bits per heavy atom. The Morgan fingerprint density at radius 3 is 2.20 bits per heavy atom. The Bertz CT molecular complexity index is 275. The molecule has 0 aliphatic rings. The highest BCUT2D eigenvalue weighted by molar-refractivity contribution is 7.98. The lowest BCUT2D eigenvalue weighted by Gasteiger charge is -2.30. The largest absolute Gasteiger partial charge is 0.344 e. The van der Waals surface area contributed by atoms with Gasteiger partial charge >= 0.3 is 0 Å². The smallest absolute Gasteiger partial charge is 0.245 e. The number of rotatable bonds is 8. The molecule has 2 amide bonds. The summed E-state index contributed by atoms with van der Waals surface area (Å²) in [5, 5.41) is 2.82. The fourth-order valence-corrected chi connectivity index (χ4v) is 2.34. The van der Waals surface area contributed by atoms with Crippen molar-refractivity contribution >= 4 is 23.6 Å². The van der Waals surface area contributed by atoms with Gasteiger partial charge in [-0.3, -0.25) is 9.59 Å². The van der Waals surface area contributed by atoms with Gasteiger partial charge in [0, 0.05) is 26.4 Å². The molecule has 0 aromatic carbocycles. The maximum atomic E-state index is 12.3. The van der Waals surface area contributed by atoms with E-state index in [0.717, 1.165) is 13.0 Å². The third-order valence-corrected chi connectivity index (χ3v) is 3.38. The molecule has 0 aromatic rings. The number of carbonyl (C=O) groups excluding carboxylic acids is 2. The van der Waals surface area contributed by atoms with Crippen molar-refractivity contribution in [2.24, 2.45) is 0 Å². The van der Waals surface area contributed by atoms with E-state index >= 15 is 0 Å². The van der Waals surface area contributed by atoms with E-state index in [4.69, 9.17) is 0 Å². The molecule has 20 heavy (non-hydrogen) atoms.